The third kappa shape index (κ3) is 5.39. The van der Waals surface area contributed by atoms with Gasteiger partial charge in [-0.25, -0.2) is 4.39 Å². The van der Waals surface area contributed by atoms with E-state index in [9.17, 15) is 80.8 Å². The normalized spacial score (nSPS) is 21.3. The summed E-state index contributed by atoms with van der Waals surface area (Å²) in [4.78, 5) is 36.8. The third-order valence-corrected chi connectivity index (χ3v) is 7.90. The summed E-state index contributed by atoms with van der Waals surface area (Å²) in [5, 5.41) is 136. The molecule has 2 amide bonds. The van der Waals surface area contributed by atoms with Crippen LogP contribution in [0.5, 0.6) is 0 Å². The molecule has 48 heavy (non-hydrogen) atoms. The number of carbonyl (C=O) groups excluding carboxylic acids is 3. The van der Waals surface area contributed by atoms with Gasteiger partial charge in [-0.2, -0.15) is 4.90 Å². The van der Waals surface area contributed by atoms with Gasteiger partial charge in [0.1, 0.15) is 5.82 Å². The molecule has 0 radical (unpaired) electrons. The van der Waals surface area contributed by atoms with Crippen molar-refractivity contribution < 1.29 is 89.9 Å². The van der Waals surface area contributed by atoms with Crippen molar-refractivity contribution in [2.45, 2.75) is 60.7 Å². The van der Waals surface area contributed by atoms with E-state index in [0.717, 1.165) is 19.2 Å². The molecule has 2 aromatic carbocycles. The number of likely N-dealkylation sites (N-methyl/N-ethyl adjacent to an activating group) is 1. The van der Waals surface area contributed by atoms with Gasteiger partial charge in [0, 0.05) is 42.5 Å². The number of morpholine rings is 1. The molecule has 0 bridgehead atoms. The van der Waals surface area contributed by atoms with Gasteiger partial charge < -0.3 is 77.0 Å². The average molecular weight is 691 g/mol. The van der Waals surface area contributed by atoms with Crippen LogP contribution in [0, 0.1) is 5.82 Å². The Labute approximate surface area is 266 Å². The predicted octanol–water partition coefficient (Wildman–Crippen LogP) is -7.23. The first-order valence-electron chi connectivity index (χ1n) is 13.4. The van der Waals surface area contributed by atoms with Crippen molar-refractivity contribution in [3.63, 3.8) is 0 Å². The zero-order chi connectivity index (χ0) is 36.5. The van der Waals surface area contributed by atoms with Crippen molar-refractivity contribution >= 4 is 23.8 Å². The molecule has 2 aliphatic rings. The summed E-state index contributed by atoms with van der Waals surface area (Å²) in [5.41, 5.74) is -4.55. The van der Waals surface area contributed by atoms with Gasteiger partial charge in [-0.3, -0.25) is 24.0 Å². The molecule has 15 N–H and O–H groups in total. The summed E-state index contributed by atoms with van der Waals surface area (Å²) in [6.07, 6.45) is -0.796. The van der Waals surface area contributed by atoms with E-state index in [4.69, 9.17) is 0 Å². The minimum atomic E-state index is -4.39. The highest BCUT2D eigenvalue weighted by Crippen LogP contribution is 2.43. The number of hydrogen-bond donors (Lipinski definition) is 15. The molecule has 4 rings (SSSR count). The number of carbonyl (C=O) groups is 3. The molecule has 0 aromatic heterocycles. The minimum absolute atomic E-state index is 0.0185. The maximum absolute atomic E-state index is 15.2. The second-order valence-corrected chi connectivity index (χ2v) is 10.9. The number of fused-ring (bicyclic) bond motifs is 1. The first kappa shape index (κ1) is 37.0. The summed E-state index contributed by atoms with van der Waals surface area (Å²) < 4.78 is 18.9. The zero-order valence-corrected chi connectivity index (χ0v) is 24.4. The minimum Gasteiger partial charge on any atom is -0.381 e. The molecule has 2 aromatic rings. The van der Waals surface area contributed by atoms with Crippen molar-refractivity contribution in [1.82, 2.24) is 15.1 Å². The number of nitrogens with zero attached hydrogens (tertiary/aromatic N) is 2. The van der Waals surface area contributed by atoms with E-state index < -0.39 is 83.0 Å². The van der Waals surface area contributed by atoms with E-state index in [1.807, 2.05) is 5.32 Å². The van der Waals surface area contributed by atoms with Crippen LogP contribution in [0.4, 0.5) is 10.1 Å². The molecule has 0 spiro atoms. The Morgan fingerprint density at radius 1 is 0.979 bits per heavy atom. The second-order valence-electron chi connectivity index (χ2n) is 10.9. The highest BCUT2D eigenvalue weighted by molar-refractivity contribution is 6.03. The van der Waals surface area contributed by atoms with Gasteiger partial charge in [0.05, 0.1) is 6.54 Å². The molecule has 1 fully saturated rings. The number of aliphatic hydroxyl groups is 13. The summed E-state index contributed by atoms with van der Waals surface area (Å²) in [6, 6.07) is 6.72. The van der Waals surface area contributed by atoms with E-state index in [1.54, 1.807) is 0 Å². The molecule has 0 aliphatic carbocycles. The van der Waals surface area contributed by atoms with Crippen LogP contribution in [-0.4, -0.2) is 142 Å². The van der Waals surface area contributed by atoms with Crippen molar-refractivity contribution in [3.8, 4) is 0 Å². The summed E-state index contributed by atoms with van der Waals surface area (Å²) in [7, 11) is 0.898. The maximum atomic E-state index is 15.2. The van der Waals surface area contributed by atoms with E-state index in [0.29, 0.717) is 6.07 Å². The third-order valence-electron chi connectivity index (χ3n) is 7.90. The standard InChI is InChI=1S/C26H31FN4O17/c1-28-19(34)21(37,22(38,39)20(35,36)11-32)30-10-15-14(18(30)33)3-2-4-17(15)29-8-13-6-5-12(7-16(13)27)9-31-23(40,41)25(44,45)48-26(46,47)24(31,42)43/h2-7,11,29,35-47H,8-10H2,1H3,(H,28,34). The SMILES string of the molecule is CNC(=O)C(O)(N1Cc2c(NCc3ccc(CN4C(O)(O)C(O)(O)OC(O)(O)C4(O)O)cc3F)cccc2C1=O)C(O)(O)C(O)(O)C=O. The number of benzene rings is 2. The fourth-order valence-corrected chi connectivity index (χ4v) is 5.07. The number of nitrogens with one attached hydrogen (secondary N) is 2. The molecule has 1 saturated heterocycles. The quantitative estimate of drug-likeness (QED) is 0.0813. The van der Waals surface area contributed by atoms with Gasteiger partial charge in [-0.15, -0.1) is 0 Å². The fraction of sp³-hybridized carbons (Fsp3) is 0.423. The lowest BCUT2D eigenvalue weighted by atomic mass is 9.91. The lowest BCUT2D eigenvalue weighted by Crippen LogP contribution is -2.83. The predicted molar refractivity (Wildman–Crippen MR) is 145 cm³/mol. The number of aldehydes is 1. The van der Waals surface area contributed by atoms with Crippen LogP contribution in [0.25, 0.3) is 0 Å². The van der Waals surface area contributed by atoms with Gasteiger partial charge in [-0.1, -0.05) is 18.2 Å². The number of rotatable bonds is 10. The molecule has 264 valence electrons. The van der Waals surface area contributed by atoms with Crippen LogP contribution in [0.3, 0.4) is 0 Å². The van der Waals surface area contributed by atoms with Gasteiger partial charge >= 0.3 is 23.8 Å². The molecule has 21 nitrogen and oxygen atoms in total. The number of halogens is 1. The molecule has 2 aliphatic heterocycles. The molecule has 2 heterocycles. The van der Waals surface area contributed by atoms with Gasteiger partial charge in [0.2, 0.25) is 0 Å². The van der Waals surface area contributed by atoms with Gasteiger partial charge in [-0.05, 0) is 23.8 Å². The van der Waals surface area contributed by atoms with Crippen LogP contribution in [-0.2, 0) is 34.0 Å². The monoisotopic (exact) mass is 690 g/mol. The van der Waals surface area contributed by atoms with Crippen LogP contribution < -0.4 is 10.6 Å². The molecule has 0 saturated carbocycles. The summed E-state index contributed by atoms with van der Waals surface area (Å²) in [5.74, 6) is -29.2. The highest BCUT2D eigenvalue weighted by atomic mass is 19.1. The van der Waals surface area contributed by atoms with E-state index in [1.165, 1.54) is 18.2 Å². The Morgan fingerprint density at radius 2 is 1.56 bits per heavy atom. The second kappa shape index (κ2) is 11.7. The first-order valence-corrected chi connectivity index (χ1v) is 13.4. The average Bonchev–Trinajstić information content (AvgIpc) is 3.33. The van der Waals surface area contributed by atoms with Crippen molar-refractivity contribution in [1.29, 1.82) is 0 Å². The molecular formula is C26H31FN4O17. The van der Waals surface area contributed by atoms with Crippen LogP contribution in [0.1, 0.15) is 27.0 Å². The van der Waals surface area contributed by atoms with E-state index in [2.05, 4.69) is 10.1 Å². The lowest BCUT2D eigenvalue weighted by molar-refractivity contribution is -0.659. The van der Waals surface area contributed by atoms with Crippen molar-refractivity contribution in [2.75, 3.05) is 12.4 Å². The maximum Gasteiger partial charge on any atom is 0.356 e. The fourth-order valence-electron chi connectivity index (χ4n) is 5.07. The topological polar surface area (TPSA) is 354 Å². The molecule has 1 atom stereocenters. The van der Waals surface area contributed by atoms with Crippen molar-refractivity contribution in [3.05, 3.63) is 64.5 Å². The Morgan fingerprint density at radius 3 is 2.08 bits per heavy atom. The summed E-state index contributed by atoms with van der Waals surface area (Å²) in [6.45, 7) is -2.37. The molecular weight excluding hydrogens is 659 g/mol. The van der Waals surface area contributed by atoms with E-state index in [-0.39, 0.29) is 39.4 Å². The zero-order valence-electron chi connectivity index (χ0n) is 24.4. The molecule has 22 heteroatoms. The van der Waals surface area contributed by atoms with E-state index >= 15 is 4.39 Å². The van der Waals surface area contributed by atoms with Gasteiger partial charge in [0.25, 0.3) is 29.1 Å². The number of ether oxygens (including phenoxy) is 1. The first-order chi connectivity index (χ1) is 21.8. The summed E-state index contributed by atoms with van der Waals surface area (Å²) >= 11 is 0. The van der Waals surface area contributed by atoms with Crippen LogP contribution in [0.2, 0.25) is 0 Å². The number of hydrogen-bond acceptors (Lipinski definition) is 19. The Bertz CT molecular complexity index is 1610. The smallest absolute Gasteiger partial charge is 0.356 e. The van der Waals surface area contributed by atoms with Gasteiger partial charge in [0.15, 0.2) is 6.29 Å². The Balaban J connectivity index is 1.59. The molecule has 1 unspecified atom stereocenters. The number of anilines is 1. The Hall–Kier alpha value is -3.82. The van der Waals surface area contributed by atoms with Crippen molar-refractivity contribution in [2.24, 2.45) is 0 Å². The Kier molecular flexibility index (Phi) is 8.99. The van der Waals surface area contributed by atoms with Crippen LogP contribution >= 0.6 is 0 Å². The van der Waals surface area contributed by atoms with Crippen LogP contribution in [0.15, 0.2) is 36.4 Å². The largest absolute Gasteiger partial charge is 0.381 e. The lowest BCUT2D eigenvalue weighted by Gasteiger charge is -2.55. The number of amides is 2. The highest BCUT2D eigenvalue weighted by Gasteiger charge is 2.74.